The number of hydrogen-bond acceptors (Lipinski definition) is 1. The Balaban J connectivity index is 2.45. The molecule has 2 unspecified atom stereocenters. The summed E-state index contributed by atoms with van der Waals surface area (Å²) in [5.41, 5.74) is 0. The Bertz CT molecular complexity index is 120. The van der Waals surface area contributed by atoms with Gasteiger partial charge in [0.2, 0.25) is 0 Å². The summed E-state index contributed by atoms with van der Waals surface area (Å²) in [4.78, 5) is 2.35. The third-order valence-corrected chi connectivity index (χ3v) is 3.36. The van der Waals surface area contributed by atoms with E-state index in [1.54, 1.807) is 0 Å². The fourth-order valence-electron chi connectivity index (χ4n) is 2.27. The first kappa shape index (κ1) is 9.05. The molecule has 0 aromatic carbocycles. The van der Waals surface area contributed by atoms with Crippen LogP contribution in [0.5, 0.6) is 0 Å². The number of nitrogens with zero attached hydrogens (tertiary/aromatic N) is 1. The van der Waals surface area contributed by atoms with Gasteiger partial charge in [0, 0.05) is 6.04 Å². The minimum atomic E-state index is 0.771. The first-order valence-corrected chi connectivity index (χ1v) is 4.79. The average molecular weight is 155 g/mol. The summed E-state index contributed by atoms with van der Waals surface area (Å²) in [5.74, 6) is 1.90. The van der Waals surface area contributed by atoms with Crippen molar-refractivity contribution in [2.75, 3.05) is 14.1 Å². The first-order chi connectivity index (χ1) is 5.13. The molecule has 66 valence electrons. The van der Waals surface area contributed by atoms with Gasteiger partial charge in [-0.15, -0.1) is 0 Å². The molecule has 0 amide bonds. The second-order valence-corrected chi connectivity index (χ2v) is 4.28. The molecule has 1 rings (SSSR count). The lowest BCUT2D eigenvalue weighted by Crippen LogP contribution is -2.33. The van der Waals surface area contributed by atoms with E-state index in [4.69, 9.17) is 0 Å². The highest BCUT2D eigenvalue weighted by Gasteiger charge is 2.28. The highest BCUT2D eigenvalue weighted by Crippen LogP contribution is 2.34. The van der Waals surface area contributed by atoms with E-state index in [0.717, 1.165) is 17.9 Å². The van der Waals surface area contributed by atoms with E-state index in [9.17, 15) is 0 Å². The monoisotopic (exact) mass is 155 g/mol. The zero-order valence-electron chi connectivity index (χ0n) is 8.30. The SMILES string of the molecule is CC1CCCC1[C@@H](C)N(C)C. The molecule has 0 spiro atoms. The maximum absolute atomic E-state index is 2.40. The predicted molar refractivity (Wildman–Crippen MR) is 49.7 cm³/mol. The molecule has 0 N–H and O–H groups in total. The predicted octanol–water partition coefficient (Wildman–Crippen LogP) is 2.37. The van der Waals surface area contributed by atoms with Crippen LogP contribution < -0.4 is 0 Å². The lowest BCUT2D eigenvalue weighted by atomic mass is 9.91. The summed E-state index contributed by atoms with van der Waals surface area (Å²) in [6.07, 6.45) is 4.34. The molecule has 0 heterocycles. The lowest BCUT2D eigenvalue weighted by Gasteiger charge is -2.29. The van der Waals surface area contributed by atoms with E-state index in [2.05, 4.69) is 32.8 Å². The standard InChI is InChI=1S/C10H21N/c1-8-6-5-7-10(8)9(2)11(3)4/h8-10H,5-7H2,1-4H3/t8?,9-,10?/m1/s1. The Labute approximate surface area is 70.8 Å². The summed E-state index contributed by atoms with van der Waals surface area (Å²) >= 11 is 0. The van der Waals surface area contributed by atoms with Gasteiger partial charge in [0.1, 0.15) is 0 Å². The maximum Gasteiger partial charge on any atom is 0.00916 e. The highest BCUT2D eigenvalue weighted by molar-refractivity contribution is 4.81. The molecule has 1 aliphatic carbocycles. The molecule has 0 radical (unpaired) electrons. The Morgan fingerprint density at radius 1 is 1.27 bits per heavy atom. The quantitative estimate of drug-likeness (QED) is 0.592. The molecular formula is C10H21N. The largest absolute Gasteiger partial charge is 0.306 e. The van der Waals surface area contributed by atoms with Crippen molar-refractivity contribution < 1.29 is 0 Å². The van der Waals surface area contributed by atoms with Gasteiger partial charge in [-0.3, -0.25) is 0 Å². The van der Waals surface area contributed by atoms with Gasteiger partial charge in [0.25, 0.3) is 0 Å². The third kappa shape index (κ3) is 1.96. The normalized spacial score (nSPS) is 34.6. The van der Waals surface area contributed by atoms with Gasteiger partial charge in [-0.05, 0) is 39.3 Å². The van der Waals surface area contributed by atoms with Crippen molar-refractivity contribution in [1.82, 2.24) is 4.90 Å². The van der Waals surface area contributed by atoms with Crippen LogP contribution >= 0.6 is 0 Å². The van der Waals surface area contributed by atoms with Gasteiger partial charge in [-0.1, -0.05) is 19.8 Å². The van der Waals surface area contributed by atoms with Gasteiger partial charge in [-0.2, -0.15) is 0 Å². The number of hydrogen-bond donors (Lipinski definition) is 0. The molecule has 0 aromatic rings. The van der Waals surface area contributed by atoms with Crippen LogP contribution in [0.3, 0.4) is 0 Å². The van der Waals surface area contributed by atoms with Gasteiger partial charge in [-0.25, -0.2) is 0 Å². The maximum atomic E-state index is 2.40. The summed E-state index contributed by atoms with van der Waals surface area (Å²) in [7, 11) is 4.38. The molecule has 1 nitrogen and oxygen atoms in total. The summed E-state index contributed by atoms with van der Waals surface area (Å²) in [6.45, 7) is 4.75. The summed E-state index contributed by atoms with van der Waals surface area (Å²) in [5, 5.41) is 0. The van der Waals surface area contributed by atoms with Crippen molar-refractivity contribution in [1.29, 1.82) is 0 Å². The second kappa shape index (κ2) is 3.57. The molecule has 1 saturated carbocycles. The van der Waals surface area contributed by atoms with Crippen LogP contribution in [0.2, 0.25) is 0 Å². The zero-order chi connectivity index (χ0) is 8.43. The van der Waals surface area contributed by atoms with Crippen molar-refractivity contribution in [3.05, 3.63) is 0 Å². The van der Waals surface area contributed by atoms with E-state index in [-0.39, 0.29) is 0 Å². The zero-order valence-corrected chi connectivity index (χ0v) is 8.30. The molecule has 1 aliphatic rings. The van der Waals surface area contributed by atoms with E-state index in [1.807, 2.05) is 0 Å². The smallest absolute Gasteiger partial charge is 0.00916 e. The molecule has 0 bridgehead atoms. The molecule has 0 aromatic heterocycles. The van der Waals surface area contributed by atoms with Gasteiger partial charge < -0.3 is 4.90 Å². The van der Waals surface area contributed by atoms with Crippen LogP contribution in [0.25, 0.3) is 0 Å². The van der Waals surface area contributed by atoms with Crippen LogP contribution in [-0.4, -0.2) is 25.0 Å². The van der Waals surface area contributed by atoms with Crippen molar-refractivity contribution in [3.63, 3.8) is 0 Å². The minimum Gasteiger partial charge on any atom is -0.306 e. The molecule has 1 fully saturated rings. The average Bonchev–Trinajstić information content (AvgIpc) is 2.33. The van der Waals surface area contributed by atoms with Crippen LogP contribution in [0, 0.1) is 11.8 Å². The van der Waals surface area contributed by atoms with Crippen LogP contribution in [0.15, 0.2) is 0 Å². The Hall–Kier alpha value is -0.0400. The molecular weight excluding hydrogens is 134 g/mol. The van der Waals surface area contributed by atoms with Gasteiger partial charge >= 0.3 is 0 Å². The summed E-state index contributed by atoms with van der Waals surface area (Å²) < 4.78 is 0. The molecule has 0 saturated heterocycles. The van der Waals surface area contributed by atoms with Gasteiger partial charge in [0.15, 0.2) is 0 Å². The van der Waals surface area contributed by atoms with Crippen molar-refractivity contribution >= 4 is 0 Å². The second-order valence-electron chi connectivity index (χ2n) is 4.28. The fraction of sp³-hybridized carbons (Fsp3) is 1.00. The van der Waals surface area contributed by atoms with E-state index in [1.165, 1.54) is 19.3 Å². The third-order valence-electron chi connectivity index (χ3n) is 3.36. The van der Waals surface area contributed by atoms with Crippen LogP contribution in [0.4, 0.5) is 0 Å². The highest BCUT2D eigenvalue weighted by atomic mass is 15.1. The Morgan fingerprint density at radius 3 is 2.27 bits per heavy atom. The number of rotatable bonds is 2. The fourth-order valence-corrected chi connectivity index (χ4v) is 2.27. The Morgan fingerprint density at radius 2 is 1.91 bits per heavy atom. The van der Waals surface area contributed by atoms with Crippen molar-refractivity contribution in [3.8, 4) is 0 Å². The molecule has 0 aliphatic heterocycles. The lowest BCUT2D eigenvalue weighted by molar-refractivity contribution is 0.197. The van der Waals surface area contributed by atoms with Crippen molar-refractivity contribution in [2.45, 2.75) is 39.2 Å². The minimum absolute atomic E-state index is 0.771. The van der Waals surface area contributed by atoms with Crippen LogP contribution in [0.1, 0.15) is 33.1 Å². The van der Waals surface area contributed by atoms with Gasteiger partial charge in [0.05, 0.1) is 0 Å². The van der Waals surface area contributed by atoms with E-state index < -0.39 is 0 Å². The van der Waals surface area contributed by atoms with E-state index >= 15 is 0 Å². The van der Waals surface area contributed by atoms with Crippen LogP contribution in [-0.2, 0) is 0 Å². The first-order valence-electron chi connectivity index (χ1n) is 4.79. The molecule has 3 atom stereocenters. The topological polar surface area (TPSA) is 3.24 Å². The van der Waals surface area contributed by atoms with E-state index in [0.29, 0.717) is 0 Å². The molecule has 11 heavy (non-hydrogen) atoms. The Kier molecular flexibility index (Phi) is 2.94. The summed E-state index contributed by atoms with van der Waals surface area (Å²) in [6, 6.07) is 0.771. The molecule has 1 heteroatoms. The van der Waals surface area contributed by atoms with Crippen molar-refractivity contribution in [2.24, 2.45) is 11.8 Å².